The lowest BCUT2D eigenvalue weighted by Crippen LogP contribution is -2.49. The van der Waals surface area contributed by atoms with Crippen LogP contribution in [0.4, 0.5) is 9.83 Å². The number of rotatable bonds is 2. The Labute approximate surface area is 105 Å². The summed E-state index contributed by atoms with van der Waals surface area (Å²) < 4.78 is 12.2. The number of aromatic nitrogens is 2. The van der Waals surface area contributed by atoms with Crippen LogP contribution in [0.25, 0.3) is 0 Å². The Hall–Kier alpha value is -1.17. The summed E-state index contributed by atoms with van der Waals surface area (Å²) >= 11 is 0.156. The molecule has 1 fully saturated rings. The molecule has 1 aromatic rings. The van der Waals surface area contributed by atoms with E-state index in [1.54, 1.807) is 0 Å². The molecule has 0 spiro atoms. The zero-order valence-corrected chi connectivity index (χ0v) is 11.0. The quantitative estimate of drug-likeness (QED) is 0.813. The first-order valence-corrected chi connectivity index (χ1v) is 6.13. The molecule has 4 nitrogen and oxygen atoms in total. The Balaban J connectivity index is 1.97. The van der Waals surface area contributed by atoms with Crippen LogP contribution in [0.3, 0.4) is 0 Å². The molecule has 1 aliphatic rings. The van der Waals surface area contributed by atoms with Crippen molar-refractivity contribution in [2.45, 2.75) is 31.2 Å². The topological polar surface area (TPSA) is 41.4 Å². The molecule has 0 aliphatic carbocycles. The lowest BCUT2D eigenvalue weighted by Gasteiger charge is -2.34. The molecule has 0 saturated carbocycles. The minimum Gasteiger partial charge on any atom is -0.330 e. The molecule has 0 bridgehead atoms. The molecule has 2 rings (SSSR count). The Kier molecular flexibility index (Phi) is 3.33. The monoisotopic (exact) mass is 254 g/mol. The van der Waals surface area contributed by atoms with E-state index in [1.807, 2.05) is 4.90 Å². The summed E-state index contributed by atoms with van der Waals surface area (Å²) in [5, 5.41) is 0. The Morgan fingerprint density at radius 1 is 1.29 bits per heavy atom. The van der Waals surface area contributed by atoms with E-state index in [1.165, 1.54) is 12.4 Å². The van der Waals surface area contributed by atoms with E-state index in [-0.39, 0.29) is 17.7 Å². The van der Waals surface area contributed by atoms with Crippen molar-refractivity contribution < 1.29 is 3.89 Å². The van der Waals surface area contributed by atoms with Crippen molar-refractivity contribution >= 4 is 23.8 Å². The van der Waals surface area contributed by atoms with Gasteiger partial charge in [-0.3, -0.25) is 4.99 Å². The molecule has 1 aromatic heterocycles. The van der Waals surface area contributed by atoms with Crippen molar-refractivity contribution in [3.63, 3.8) is 0 Å². The highest BCUT2D eigenvalue weighted by Crippen LogP contribution is 2.20. The van der Waals surface area contributed by atoms with Crippen LogP contribution in [0.2, 0.25) is 0 Å². The summed E-state index contributed by atoms with van der Waals surface area (Å²) in [6, 6.07) is 0. The van der Waals surface area contributed by atoms with E-state index in [4.69, 9.17) is 0 Å². The Morgan fingerprint density at radius 2 is 1.88 bits per heavy atom. The van der Waals surface area contributed by atoms with Gasteiger partial charge in [0, 0.05) is 12.4 Å². The lowest BCUT2D eigenvalue weighted by atomic mass is 10.1. The molecule has 17 heavy (non-hydrogen) atoms. The van der Waals surface area contributed by atoms with Gasteiger partial charge in [0.15, 0.2) is 0 Å². The van der Waals surface area contributed by atoms with Crippen LogP contribution >= 0.6 is 12.1 Å². The molecule has 0 atom stereocenters. The highest BCUT2D eigenvalue weighted by molar-refractivity contribution is 7.94. The molecule has 0 aromatic carbocycles. The van der Waals surface area contributed by atoms with Gasteiger partial charge in [-0.15, -0.1) is 0 Å². The lowest BCUT2D eigenvalue weighted by molar-refractivity contribution is 0.576. The molecule has 2 heterocycles. The van der Waals surface area contributed by atoms with Gasteiger partial charge in [-0.05, 0) is 20.8 Å². The maximum Gasteiger partial charge on any atom is 0.226 e. The van der Waals surface area contributed by atoms with Gasteiger partial charge in [0.2, 0.25) is 5.95 Å². The van der Waals surface area contributed by atoms with Crippen molar-refractivity contribution in [3.05, 3.63) is 12.4 Å². The zero-order valence-electron chi connectivity index (χ0n) is 10.1. The van der Waals surface area contributed by atoms with Gasteiger partial charge in [-0.2, -0.15) is 3.89 Å². The summed E-state index contributed by atoms with van der Waals surface area (Å²) in [6.07, 6.45) is 2.98. The normalized spacial score (nSPS) is 15.8. The first-order chi connectivity index (χ1) is 7.98. The number of hydrogen-bond donors (Lipinski definition) is 0. The van der Waals surface area contributed by atoms with Gasteiger partial charge in [0.25, 0.3) is 0 Å². The summed E-state index contributed by atoms with van der Waals surface area (Å²) in [5.74, 6) is 0.635. The van der Waals surface area contributed by atoms with E-state index in [0.29, 0.717) is 10.8 Å². The SMILES string of the molecule is CC(C)(C)N=C1CN(c2ncc(SF)cn2)C1. The molecule has 0 radical (unpaired) electrons. The van der Waals surface area contributed by atoms with Crippen LogP contribution in [0.1, 0.15) is 20.8 Å². The third kappa shape index (κ3) is 3.15. The summed E-state index contributed by atoms with van der Waals surface area (Å²) in [6.45, 7) is 7.75. The van der Waals surface area contributed by atoms with Gasteiger partial charge in [0.1, 0.15) is 0 Å². The molecule has 92 valence electrons. The Morgan fingerprint density at radius 3 is 2.35 bits per heavy atom. The van der Waals surface area contributed by atoms with Crippen molar-refractivity contribution in [2.75, 3.05) is 18.0 Å². The second kappa shape index (κ2) is 4.60. The third-order valence-electron chi connectivity index (χ3n) is 2.23. The van der Waals surface area contributed by atoms with Crippen LogP contribution in [-0.2, 0) is 0 Å². The molecule has 0 unspecified atom stereocenters. The summed E-state index contributed by atoms with van der Waals surface area (Å²) in [5.41, 5.74) is 1.13. The minimum atomic E-state index is -0.0307. The van der Waals surface area contributed by atoms with Crippen molar-refractivity contribution in [2.24, 2.45) is 4.99 Å². The molecule has 0 amide bonds. The largest absolute Gasteiger partial charge is 0.330 e. The van der Waals surface area contributed by atoms with Crippen molar-refractivity contribution in [1.82, 2.24) is 9.97 Å². The van der Waals surface area contributed by atoms with Gasteiger partial charge in [-0.1, -0.05) is 0 Å². The smallest absolute Gasteiger partial charge is 0.226 e. The predicted octanol–water partition coefficient (Wildman–Crippen LogP) is 2.51. The van der Waals surface area contributed by atoms with Crippen molar-refractivity contribution in [3.8, 4) is 0 Å². The average Bonchev–Trinajstić information content (AvgIpc) is 2.22. The second-order valence-corrected chi connectivity index (χ2v) is 5.63. The van der Waals surface area contributed by atoms with Crippen LogP contribution in [0, 0.1) is 0 Å². The van der Waals surface area contributed by atoms with Crippen LogP contribution < -0.4 is 4.90 Å². The van der Waals surface area contributed by atoms with E-state index in [2.05, 4.69) is 35.7 Å². The fraction of sp³-hybridized carbons (Fsp3) is 0.545. The first-order valence-electron chi connectivity index (χ1n) is 5.41. The highest BCUT2D eigenvalue weighted by atomic mass is 32.2. The first kappa shape index (κ1) is 12.3. The van der Waals surface area contributed by atoms with E-state index >= 15 is 0 Å². The second-order valence-electron chi connectivity index (χ2n) is 5.00. The summed E-state index contributed by atoms with van der Waals surface area (Å²) in [4.78, 5) is 15.2. The minimum absolute atomic E-state index is 0.0307. The highest BCUT2D eigenvalue weighted by Gasteiger charge is 2.25. The number of halogens is 1. The summed E-state index contributed by atoms with van der Waals surface area (Å²) in [7, 11) is 0. The molecule has 1 saturated heterocycles. The standard InChI is InChI=1S/C11H15FN4S/c1-11(2,3)15-8-6-16(7-8)10-13-4-9(17-12)5-14-10/h4-5H,6-7H2,1-3H3. The third-order valence-corrected chi connectivity index (χ3v) is 2.62. The van der Waals surface area contributed by atoms with Crippen LogP contribution in [-0.4, -0.2) is 34.3 Å². The fourth-order valence-electron chi connectivity index (χ4n) is 1.59. The number of nitrogens with zero attached hydrogens (tertiary/aromatic N) is 4. The Bertz CT molecular complexity index is 416. The molecular formula is C11H15FN4S. The van der Waals surface area contributed by atoms with Crippen LogP contribution in [0.5, 0.6) is 0 Å². The van der Waals surface area contributed by atoms with E-state index in [0.717, 1.165) is 18.8 Å². The van der Waals surface area contributed by atoms with Crippen LogP contribution in [0.15, 0.2) is 22.3 Å². The van der Waals surface area contributed by atoms with Gasteiger partial charge in [-0.25, -0.2) is 9.97 Å². The number of hydrogen-bond acceptors (Lipinski definition) is 5. The van der Waals surface area contributed by atoms with E-state index in [9.17, 15) is 3.89 Å². The van der Waals surface area contributed by atoms with Gasteiger partial charge < -0.3 is 4.90 Å². The fourth-order valence-corrected chi connectivity index (χ4v) is 1.78. The van der Waals surface area contributed by atoms with Gasteiger partial charge in [0.05, 0.1) is 41.4 Å². The predicted molar refractivity (Wildman–Crippen MR) is 68.4 cm³/mol. The average molecular weight is 254 g/mol. The molecule has 1 aliphatic heterocycles. The van der Waals surface area contributed by atoms with Crippen molar-refractivity contribution in [1.29, 1.82) is 0 Å². The number of aliphatic imine (C=N–C) groups is 1. The zero-order chi connectivity index (χ0) is 12.5. The molecule has 6 heteroatoms. The van der Waals surface area contributed by atoms with E-state index < -0.39 is 0 Å². The molecular weight excluding hydrogens is 239 g/mol. The van der Waals surface area contributed by atoms with Gasteiger partial charge >= 0.3 is 0 Å². The maximum absolute atomic E-state index is 12.2. The number of anilines is 1. The maximum atomic E-state index is 12.2. The molecule has 0 N–H and O–H groups in total.